The number of amides is 2. The molecule has 2 atom stereocenters. The summed E-state index contributed by atoms with van der Waals surface area (Å²) in [7, 11) is 1.95. The van der Waals surface area contributed by atoms with Crippen LogP contribution in [0.25, 0.3) is 0 Å². The Hall–Kier alpha value is -7.53. The van der Waals surface area contributed by atoms with Crippen LogP contribution in [0.1, 0.15) is 79.6 Å². The van der Waals surface area contributed by atoms with Gasteiger partial charge >= 0.3 is 11.9 Å². The van der Waals surface area contributed by atoms with Crippen LogP contribution in [0.3, 0.4) is 0 Å². The number of aromatic nitrogens is 2. The van der Waals surface area contributed by atoms with E-state index in [4.69, 9.17) is 19.3 Å². The molecule has 13 nitrogen and oxygen atoms in total. The second-order valence-electron chi connectivity index (χ2n) is 19.8. The van der Waals surface area contributed by atoms with Crippen LogP contribution in [0, 0.1) is 0 Å². The summed E-state index contributed by atoms with van der Waals surface area (Å²) in [5.41, 5.74) is 2.01. The number of oxime groups is 1. The minimum atomic E-state index is -1.43. The van der Waals surface area contributed by atoms with Gasteiger partial charge in [-0.15, -0.1) is 34.9 Å². The number of β-lactam (4-membered cyclic amide) rings is 1. The molecule has 4 heterocycles. The fourth-order valence-electron chi connectivity index (χ4n) is 9.41. The Morgan fingerprint density at radius 2 is 1.34 bits per heavy atom. The van der Waals surface area contributed by atoms with Crippen LogP contribution in [0.5, 0.6) is 0 Å². The molecule has 10 rings (SSSR count). The second kappa shape index (κ2) is 22.4. The Bertz CT molecular complexity index is 3120. The Labute approximate surface area is 454 Å². The van der Waals surface area contributed by atoms with Crippen molar-refractivity contribution in [1.82, 2.24) is 15.2 Å². The maximum absolute atomic E-state index is 15.0. The zero-order chi connectivity index (χ0) is 52.9. The van der Waals surface area contributed by atoms with E-state index in [1.54, 1.807) is 37.9 Å². The van der Waals surface area contributed by atoms with Gasteiger partial charge in [0, 0.05) is 46.8 Å². The number of ether oxygens (including phenoxy) is 2. The average molecular weight is 1070 g/mol. The molecule has 1 saturated carbocycles. The van der Waals surface area contributed by atoms with E-state index in [2.05, 4.69) is 52.2 Å². The lowest BCUT2D eigenvalue weighted by Crippen LogP contribution is -2.71. The van der Waals surface area contributed by atoms with E-state index in [1.807, 2.05) is 151 Å². The molecule has 3 aliphatic rings. The average Bonchev–Trinajstić information content (AvgIpc) is 3.96. The number of pyridine rings is 1. The third-order valence-corrected chi connectivity index (χ3v) is 16.6. The summed E-state index contributed by atoms with van der Waals surface area (Å²) in [5, 5.41) is 12.7. The highest BCUT2D eigenvalue weighted by Crippen LogP contribution is 2.45. The highest BCUT2D eigenvalue weighted by Gasteiger charge is 2.55. The van der Waals surface area contributed by atoms with E-state index in [0.29, 0.717) is 35.9 Å². The lowest BCUT2D eigenvalue weighted by Gasteiger charge is -2.49. The summed E-state index contributed by atoms with van der Waals surface area (Å²) in [6.07, 6.45) is 4.49. The highest BCUT2D eigenvalue weighted by atomic mass is 32.2. The van der Waals surface area contributed by atoms with E-state index in [-0.39, 0.29) is 17.1 Å². The van der Waals surface area contributed by atoms with Gasteiger partial charge < -0.3 is 24.9 Å². The quantitative estimate of drug-likeness (QED) is 0.0161. The molecule has 1 aliphatic carbocycles. The number of hydrogen-bond acceptors (Lipinski definition) is 13. The van der Waals surface area contributed by atoms with Crippen molar-refractivity contribution in [2.45, 2.75) is 79.2 Å². The smallest absolute Gasteiger partial charge is 0.356 e. The minimum Gasteiger partial charge on any atom is -0.457 e. The largest absolute Gasteiger partial charge is 0.457 e. The van der Waals surface area contributed by atoms with Crippen LogP contribution in [0.2, 0.25) is 0 Å². The molecule has 0 bridgehead atoms. The summed E-state index contributed by atoms with van der Waals surface area (Å²) in [6.45, 7) is 5.34. The zero-order valence-electron chi connectivity index (χ0n) is 42.5. The molecule has 2 amide bonds. The van der Waals surface area contributed by atoms with Crippen LogP contribution in [0.4, 0.5) is 5.13 Å². The fourth-order valence-corrected chi connectivity index (χ4v) is 12.5. The number of thiazole rings is 1. The molecule has 0 spiro atoms. The second-order valence-corrected chi connectivity index (χ2v) is 22.8. The number of aryl methyl sites for hydroxylation is 1. The van der Waals surface area contributed by atoms with Crippen molar-refractivity contribution in [3.05, 3.63) is 226 Å². The molecular formula is C60H57N6O7S3+. The van der Waals surface area contributed by atoms with Gasteiger partial charge in [0.25, 0.3) is 11.8 Å². The lowest BCUT2D eigenvalue weighted by atomic mass is 9.77. The highest BCUT2D eigenvalue weighted by molar-refractivity contribution is 8.01. The number of rotatable bonds is 18. The van der Waals surface area contributed by atoms with Crippen LogP contribution in [0.15, 0.2) is 203 Å². The molecule has 0 radical (unpaired) electrons. The molecule has 76 heavy (non-hydrogen) atoms. The van der Waals surface area contributed by atoms with Crippen molar-refractivity contribution in [3.8, 4) is 0 Å². The van der Waals surface area contributed by atoms with Crippen molar-refractivity contribution < 1.29 is 38.1 Å². The molecule has 2 N–H and O–H groups in total. The first-order valence-corrected chi connectivity index (χ1v) is 28.0. The maximum atomic E-state index is 15.0. The molecular weight excluding hydrogens is 1010 g/mol. The number of carbonyl (C=O) groups is 4. The zero-order valence-corrected chi connectivity index (χ0v) is 44.9. The van der Waals surface area contributed by atoms with Crippen molar-refractivity contribution >= 4 is 69.5 Å². The molecule has 7 aromatic rings. The summed E-state index contributed by atoms with van der Waals surface area (Å²) < 4.78 is 14.2. The first-order chi connectivity index (χ1) is 36.8. The number of nitrogens with one attached hydrogen (secondary N) is 2. The molecule has 5 aromatic carbocycles. The van der Waals surface area contributed by atoms with Crippen LogP contribution >= 0.6 is 34.9 Å². The van der Waals surface area contributed by atoms with Crippen LogP contribution < -0.4 is 15.2 Å². The molecule has 16 heteroatoms. The van der Waals surface area contributed by atoms with Gasteiger partial charge in [0.05, 0.1) is 0 Å². The van der Waals surface area contributed by atoms with Gasteiger partial charge in [0.1, 0.15) is 41.0 Å². The standard InChI is InChI=1S/C60H56N6O7S3/c1-58(2,3)72-56(70)59(33-20-34-59)73-64-48(47-39-76-57(61-47)63-60(43-25-14-7-15-26-43,44-27-16-8-17-28-44)45-29-18-9-19-30-45)52(67)62-49-53(68)66-50(42(38-75-54(49)66)37-74-46-31-35-65(4)36-32-46)55(69)71-51(40-21-10-5-11-22-40)41-23-12-6-13-24-41/h5-19,21-32,35-36,39,49,51,54H,20,33-34,37-38H2,1-4H3,(H-,61,62,63,67)/p+1/b64-48-/t49-,54-/m1/s1. The number of esters is 2. The van der Waals surface area contributed by atoms with Crippen LogP contribution in [-0.2, 0) is 46.1 Å². The Morgan fingerprint density at radius 3 is 1.86 bits per heavy atom. The van der Waals surface area contributed by atoms with E-state index in [0.717, 1.165) is 38.3 Å². The van der Waals surface area contributed by atoms with Gasteiger partial charge in [-0.1, -0.05) is 157 Å². The number of anilines is 1. The van der Waals surface area contributed by atoms with Gasteiger partial charge in [-0.2, -0.15) is 0 Å². The Kier molecular flexibility index (Phi) is 15.3. The van der Waals surface area contributed by atoms with Gasteiger partial charge in [-0.25, -0.2) is 19.1 Å². The van der Waals surface area contributed by atoms with Gasteiger partial charge in [0.15, 0.2) is 29.3 Å². The molecule has 386 valence electrons. The molecule has 2 aliphatic heterocycles. The summed E-state index contributed by atoms with van der Waals surface area (Å²) in [5.74, 6) is -1.69. The van der Waals surface area contributed by atoms with Gasteiger partial charge in [0.2, 0.25) is 5.60 Å². The van der Waals surface area contributed by atoms with E-state index >= 15 is 0 Å². The predicted octanol–water partition coefficient (Wildman–Crippen LogP) is 10.1. The number of hydrogen-bond donors (Lipinski definition) is 2. The summed E-state index contributed by atoms with van der Waals surface area (Å²) in [4.78, 5) is 71.9. The summed E-state index contributed by atoms with van der Waals surface area (Å²) in [6, 6.07) is 52.1. The first-order valence-electron chi connectivity index (χ1n) is 25.1. The van der Waals surface area contributed by atoms with E-state index in [9.17, 15) is 19.2 Å². The monoisotopic (exact) mass is 1070 g/mol. The predicted molar refractivity (Wildman–Crippen MR) is 296 cm³/mol. The van der Waals surface area contributed by atoms with Crippen molar-refractivity contribution in [3.63, 3.8) is 0 Å². The molecule has 1 saturated heterocycles. The van der Waals surface area contributed by atoms with Crippen molar-refractivity contribution in [2.75, 3.05) is 16.8 Å². The van der Waals surface area contributed by atoms with Gasteiger partial charge in [-0.3, -0.25) is 14.5 Å². The Morgan fingerprint density at radius 1 is 0.803 bits per heavy atom. The molecule has 2 fully saturated rings. The SMILES string of the molecule is C[n+]1ccc(SCC2=C(C(=O)OC(c3ccccc3)c3ccccc3)N3C(=O)[C@@H](NC(=O)/C(=N\OC4(C(=O)OC(C)(C)C)CCC4)c4csc(NC(c5ccccc5)(c5ccccc5)c5ccccc5)n4)[C@H]3SC2)cc1. The lowest BCUT2D eigenvalue weighted by molar-refractivity contribution is -0.671. The molecule has 0 unspecified atom stereocenters. The van der Waals surface area contributed by atoms with Gasteiger partial charge in [-0.05, 0) is 60.6 Å². The topological polar surface area (TPSA) is 152 Å². The number of thioether (sulfide) groups is 2. The normalized spacial score (nSPS) is 17.2. The van der Waals surface area contributed by atoms with Crippen molar-refractivity contribution in [2.24, 2.45) is 12.2 Å². The van der Waals surface area contributed by atoms with E-state index in [1.165, 1.54) is 28.0 Å². The number of nitrogens with zero attached hydrogens (tertiary/aromatic N) is 4. The van der Waals surface area contributed by atoms with Crippen LogP contribution in [-0.4, -0.2) is 73.5 Å². The fraction of sp³-hybridized carbons (Fsp3) is 0.250. The summed E-state index contributed by atoms with van der Waals surface area (Å²) >= 11 is 4.27. The number of fused-ring (bicyclic) bond motifs is 1. The number of benzene rings is 5. The molecule has 2 aromatic heterocycles. The minimum absolute atomic E-state index is 0.150. The first kappa shape index (κ1) is 51.9. The Balaban J connectivity index is 0.978. The van der Waals surface area contributed by atoms with E-state index < -0.39 is 58.0 Å². The van der Waals surface area contributed by atoms with Crippen molar-refractivity contribution in [1.29, 1.82) is 0 Å². The third-order valence-electron chi connectivity index (χ3n) is 13.4. The number of carbonyl (C=O) groups excluding carboxylic acids is 4. The maximum Gasteiger partial charge on any atom is 0.356 e. The third kappa shape index (κ3) is 10.9.